The minimum Gasteiger partial charge on any atom is -0.464 e. The maximum atomic E-state index is 13.4. The third-order valence-electron chi connectivity index (χ3n) is 2.72. The van der Waals surface area contributed by atoms with Crippen molar-refractivity contribution < 1.29 is 27.1 Å². The van der Waals surface area contributed by atoms with Crippen molar-refractivity contribution in [3.63, 3.8) is 0 Å². The van der Waals surface area contributed by atoms with E-state index >= 15 is 0 Å². The highest BCUT2D eigenvalue weighted by Crippen LogP contribution is 2.24. The summed E-state index contributed by atoms with van der Waals surface area (Å²) in [6, 6.07) is 2.99. The van der Waals surface area contributed by atoms with Gasteiger partial charge in [-0.05, 0) is 12.1 Å². The molecular formula is C13H10F4N2O2. The van der Waals surface area contributed by atoms with Crippen LogP contribution in [0.15, 0.2) is 18.2 Å². The predicted molar refractivity (Wildman–Crippen MR) is 65.7 cm³/mol. The molecule has 0 fully saturated rings. The van der Waals surface area contributed by atoms with Crippen LogP contribution in [-0.2, 0) is 11.3 Å². The zero-order valence-corrected chi connectivity index (χ0v) is 10.8. The van der Waals surface area contributed by atoms with Crippen LogP contribution in [0.25, 0.3) is 0 Å². The molecule has 0 aliphatic carbocycles. The Kier molecular flexibility index (Phi) is 4.15. The lowest BCUT2D eigenvalue weighted by atomic mass is 10.2. The number of methoxy groups -OCH3 is 1. The van der Waals surface area contributed by atoms with Gasteiger partial charge in [0.05, 0.1) is 13.7 Å². The number of carbonyl (C=O) groups excluding carboxylic acids is 1. The zero-order valence-electron chi connectivity index (χ0n) is 10.8. The summed E-state index contributed by atoms with van der Waals surface area (Å²) in [5, 5.41) is 2.24. The van der Waals surface area contributed by atoms with Crippen molar-refractivity contribution in [2.45, 2.75) is 6.54 Å². The number of ether oxygens (including phenoxy) is 1. The van der Waals surface area contributed by atoms with E-state index in [1.165, 1.54) is 19.2 Å². The predicted octanol–water partition coefficient (Wildman–Crippen LogP) is 2.97. The number of aromatic nitrogens is 1. The largest absolute Gasteiger partial charge is 0.464 e. The number of hydrogen-bond acceptors (Lipinski definition) is 3. The average Bonchev–Trinajstić information content (AvgIpc) is 2.93. The van der Waals surface area contributed by atoms with Gasteiger partial charge in [0.15, 0.2) is 23.3 Å². The molecule has 2 rings (SSSR count). The van der Waals surface area contributed by atoms with Crippen molar-refractivity contribution in [1.29, 1.82) is 0 Å². The molecule has 1 aromatic carbocycles. The number of hydrogen-bond donors (Lipinski definition) is 2. The van der Waals surface area contributed by atoms with E-state index in [1.807, 2.05) is 0 Å². The Hall–Kier alpha value is -2.51. The fraction of sp³-hybridized carbons (Fsp3) is 0.154. The van der Waals surface area contributed by atoms with Crippen molar-refractivity contribution >= 4 is 11.7 Å². The SMILES string of the molecule is COC(=O)c1ccc(CNc2c(F)c(F)cc(F)c2F)[nH]1. The maximum absolute atomic E-state index is 13.4. The Labute approximate surface area is 116 Å². The van der Waals surface area contributed by atoms with Crippen LogP contribution in [0.5, 0.6) is 0 Å². The minimum atomic E-state index is -1.52. The van der Waals surface area contributed by atoms with Gasteiger partial charge >= 0.3 is 5.97 Å². The summed E-state index contributed by atoms with van der Waals surface area (Å²) in [4.78, 5) is 13.8. The van der Waals surface area contributed by atoms with Crippen LogP contribution < -0.4 is 5.32 Å². The number of halogens is 4. The maximum Gasteiger partial charge on any atom is 0.354 e. The van der Waals surface area contributed by atoms with E-state index in [-0.39, 0.29) is 18.3 Å². The molecule has 21 heavy (non-hydrogen) atoms. The molecule has 1 heterocycles. The number of nitrogens with one attached hydrogen (secondary N) is 2. The first-order valence-electron chi connectivity index (χ1n) is 5.77. The monoisotopic (exact) mass is 302 g/mol. The molecule has 0 amide bonds. The molecule has 0 radical (unpaired) electrons. The smallest absolute Gasteiger partial charge is 0.354 e. The van der Waals surface area contributed by atoms with Gasteiger partial charge in [0.2, 0.25) is 0 Å². The number of esters is 1. The standard InChI is InChI=1S/C13H10F4N2O2/c1-21-13(20)9-3-2-6(19-9)5-18-12-10(16)7(14)4-8(15)11(12)17/h2-4,18-19H,5H2,1H3. The summed E-state index contributed by atoms with van der Waals surface area (Å²) in [6.07, 6.45) is 0. The van der Waals surface area contributed by atoms with Crippen LogP contribution in [0.4, 0.5) is 23.2 Å². The van der Waals surface area contributed by atoms with Gasteiger partial charge in [-0.15, -0.1) is 0 Å². The number of carbonyl (C=O) groups is 1. The second-order valence-electron chi connectivity index (χ2n) is 4.09. The Morgan fingerprint density at radius 1 is 1.19 bits per heavy atom. The van der Waals surface area contributed by atoms with E-state index in [0.717, 1.165) is 0 Å². The van der Waals surface area contributed by atoms with Crippen LogP contribution in [0.3, 0.4) is 0 Å². The molecule has 0 aliphatic heterocycles. The Bertz CT molecular complexity index is 659. The van der Waals surface area contributed by atoms with Gasteiger partial charge in [-0.3, -0.25) is 0 Å². The lowest BCUT2D eigenvalue weighted by Crippen LogP contribution is -2.08. The molecule has 0 spiro atoms. The van der Waals surface area contributed by atoms with E-state index in [4.69, 9.17) is 0 Å². The lowest BCUT2D eigenvalue weighted by molar-refractivity contribution is 0.0594. The van der Waals surface area contributed by atoms with Gasteiger partial charge in [0.25, 0.3) is 0 Å². The van der Waals surface area contributed by atoms with Crippen molar-refractivity contribution in [2.24, 2.45) is 0 Å². The summed E-state index contributed by atoms with van der Waals surface area (Å²) in [5.74, 6) is -6.66. The molecule has 0 atom stereocenters. The molecule has 4 nitrogen and oxygen atoms in total. The molecular weight excluding hydrogens is 292 g/mol. The highest BCUT2D eigenvalue weighted by atomic mass is 19.2. The molecule has 1 aromatic heterocycles. The van der Waals surface area contributed by atoms with Crippen molar-refractivity contribution in [3.05, 3.63) is 52.9 Å². The fourth-order valence-electron chi connectivity index (χ4n) is 1.68. The van der Waals surface area contributed by atoms with E-state index in [9.17, 15) is 22.4 Å². The fourth-order valence-corrected chi connectivity index (χ4v) is 1.68. The van der Waals surface area contributed by atoms with Crippen molar-refractivity contribution in [3.8, 4) is 0 Å². The van der Waals surface area contributed by atoms with E-state index in [2.05, 4.69) is 15.0 Å². The quantitative estimate of drug-likeness (QED) is 0.518. The third-order valence-corrected chi connectivity index (χ3v) is 2.72. The normalized spacial score (nSPS) is 10.5. The van der Waals surface area contributed by atoms with Crippen LogP contribution in [-0.4, -0.2) is 18.1 Å². The first-order valence-corrected chi connectivity index (χ1v) is 5.77. The van der Waals surface area contributed by atoms with Crippen molar-refractivity contribution in [1.82, 2.24) is 4.98 Å². The van der Waals surface area contributed by atoms with Gasteiger partial charge in [0.1, 0.15) is 11.4 Å². The highest BCUT2D eigenvalue weighted by molar-refractivity contribution is 5.87. The molecule has 112 valence electrons. The molecule has 0 bridgehead atoms. The van der Waals surface area contributed by atoms with Crippen LogP contribution in [0, 0.1) is 23.3 Å². The molecule has 8 heteroatoms. The number of rotatable bonds is 4. The first-order chi connectivity index (χ1) is 9.93. The van der Waals surface area contributed by atoms with E-state index < -0.39 is 34.9 Å². The minimum absolute atomic E-state index is 0.125. The second kappa shape index (κ2) is 5.86. The number of benzene rings is 1. The Balaban J connectivity index is 2.17. The molecule has 0 aliphatic rings. The van der Waals surface area contributed by atoms with Crippen LogP contribution >= 0.6 is 0 Å². The van der Waals surface area contributed by atoms with Gasteiger partial charge < -0.3 is 15.0 Å². The molecule has 0 unspecified atom stereocenters. The van der Waals surface area contributed by atoms with Gasteiger partial charge in [-0.1, -0.05) is 0 Å². The summed E-state index contributed by atoms with van der Waals surface area (Å²) < 4.78 is 57.3. The molecule has 2 aromatic rings. The summed E-state index contributed by atoms with van der Waals surface area (Å²) in [6.45, 7) is -0.173. The molecule has 0 saturated carbocycles. The van der Waals surface area contributed by atoms with Gasteiger partial charge in [-0.25, -0.2) is 22.4 Å². The highest BCUT2D eigenvalue weighted by Gasteiger charge is 2.19. The first kappa shape index (κ1) is 14.9. The second-order valence-corrected chi connectivity index (χ2v) is 4.09. The number of aromatic amines is 1. The topological polar surface area (TPSA) is 54.1 Å². The van der Waals surface area contributed by atoms with Crippen LogP contribution in [0.1, 0.15) is 16.2 Å². The van der Waals surface area contributed by atoms with Gasteiger partial charge in [0, 0.05) is 11.8 Å². The zero-order chi connectivity index (χ0) is 15.6. The lowest BCUT2D eigenvalue weighted by Gasteiger charge is -2.09. The summed E-state index contributed by atoms with van der Waals surface area (Å²) in [5.41, 5.74) is -0.402. The number of H-pyrrole nitrogens is 1. The van der Waals surface area contributed by atoms with E-state index in [0.29, 0.717) is 5.69 Å². The Morgan fingerprint density at radius 2 is 1.81 bits per heavy atom. The summed E-state index contributed by atoms with van der Waals surface area (Å²) in [7, 11) is 1.20. The number of anilines is 1. The summed E-state index contributed by atoms with van der Waals surface area (Å²) >= 11 is 0. The average molecular weight is 302 g/mol. The molecule has 2 N–H and O–H groups in total. The van der Waals surface area contributed by atoms with E-state index in [1.54, 1.807) is 0 Å². The van der Waals surface area contributed by atoms with Gasteiger partial charge in [-0.2, -0.15) is 0 Å². The Morgan fingerprint density at radius 3 is 2.38 bits per heavy atom. The molecule has 0 saturated heterocycles. The van der Waals surface area contributed by atoms with Crippen LogP contribution in [0.2, 0.25) is 0 Å². The third kappa shape index (κ3) is 2.99. The van der Waals surface area contributed by atoms with Crippen molar-refractivity contribution in [2.75, 3.05) is 12.4 Å².